The minimum Gasteiger partial charge on any atom is -0.213 e. The SMILES string of the molecule is Fc1nc(I)c(C(F)F)cc1CCl. The normalized spacial score (nSPS) is 10.9. The van der Waals surface area contributed by atoms with Crippen LogP contribution >= 0.6 is 34.2 Å². The van der Waals surface area contributed by atoms with Crippen LogP contribution in [-0.2, 0) is 5.88 Å². The molecule has 0 saturated heterocycles. The van der Waals surface area contributed by atoms with Crippen LogP contribution in [0, 0.1) is 9.65 Å². The number of pyridine rings is 1. The lowest BCUT2D eigenvalue weighted by Gasteiger charge is -2.05. The van der Waals surface area contributed by atoms with Crippen LogP contribution in [0.25, 0.3) is 0 Å². The van der Waals surface area contributed by atoms with E-state index in [9.17, 15) is 13.2 Å². The topological polar surface area (TPSA) is 12.9 Å². The molecule has 0 spiro atoms. The maximum Gasteiger partial charge on any atom is 0.266 e. The van der Waals surface area contributed by atoms with Crippen molar-refractivity contribution in [2.75, 3.05) is 0 Å². The van der Waals surface area contributed by atoms with Gasteiger partial charge in [0.25, 0.3) is 6.43 Å². The minimum atomic E-state index is -2.65. The van der Waals surface area contributed by atoms with Gasteiger partial charge in [-0.2, -0.15) is 4.39 Å². The standard InChI is InChI=1S/C7H4ClF3IN/c8-2-3-1-4(5(9)10)7(12)13-6(3)11/h1,5H,2H2. The van der Waals surface area contributed by atoms with Crippen molar-refractivity contribution in [3.05, 3.63) is 26.8 Å². The van der Waals surface area contributed by atoms with Gasteiger partial charge in [0.1, 0.15) is 3.70 Å². The summed E-state index contributed by atoms with van der Waals surface area (Å²) in [6.45, 7) is 0. The average molecular weight is 321 g/mol. The van der Waals surface area contributed by atoms with Gasteiger partial charge < -0.3 is 0 Å². The highest BCUT2D eigenvalue weighted by Crippen LogP contribution is 2.25. The Morgan fingerprint density at radius 2 is 2.15 bits per heavy atom. The second-order valence-corrected chi connectivity index (χ2v) is 3.54. The Morgan fingerprint density at radius 3 is 2.62 bits per heavy atom. The fourth-order valence-electron chi connectivity index (χ4n) is 0.776. The van der Waals surface area contributed by atoms with Gasteiger partial charge in [-0.3, -0.25) is 0 Å². The van der Waals surface area contributed by atoms with Crippen LogP contribution in [0.3, 0.4) is 0 Å². The van der Waals surface area contributed by atoms with Crippen LogP contribution in [0.4, 0.5) is 13.2 Å². The highest BCUT2D eigenvalue weighted by molar-refractivity contribution is 14.1. The number of hydrogen-bond donors (Lipinski definition) is 0. The van der Waals surface area contributed by atoms with Crippen molar-refractivity contribution in [2.24, 2.45) is 0 Å². The van der Waals surface area contributed by atoms with Crippen molar-refractivity contribution in [1.82, 2.24) is 4.98 Å². The summed E-state index contributed by atoms with van der Waals surface area (Å²) in [6, 6.07) is 1.04. The molecule has 0 N–H and O–H groups in total. The maximum atomic E-state index is 12.8. The minimum absolute atomic E-state index is 0.00242. The van der Waals surface area contributed by atoms with Crippen molar-refractivity contribution in [3.63, 3.8) is 0 Å². The van der Waals surface area contributed by atoms with E-state index >= 15 is 0 Å². The predicted octanol–water partition coefficient (Wildman–Crippen LogP) is 3.50. The van der Waals surface area contributed by atoms with Crippen molar-refractivity contribution in [3.8, 4) is 0 Å². The highest BCUT2D eigenvalue weighted by Gasteiger charge is 2.16. The molecule has 0 aliphatic heterocycles. The van der Waals surface area contributed by atoms with Crippen LogP contribution in [0.1, 0.15) is 17.6 Å². The largest absolute Gasteiger partial charge is 0.266 e. The molecule has 1 heterocycles. The number of aromatic nitrogens is 1. The number of alkyl halides is 3. The zero-order valence-corrected chi connectivity index (χ0v) is 9.11. The monoisotopic (exact) mass is 321 g/mol. The molecule has 0 bridgehead atoms. The fourth-order valence-corrected chi connectivity index (χ4v) is 1.57. The first-order chi connectivity index (χ1) is 6.06. The number of nitrogens with zero attached hydrogens (tertiary/aromatic N) is 1. The van der Waals surface area contributed by atoms with Crippen LogP contribution in [0.5, 0.6) is 0 Å². The molecule has 0 unspecified atom stereocenters. The average Bonchev–Trinajstić information content (AvgIpc) is 2.03. The van der Waals surface area contributed by atoms with E-state index in [1.165, 1.54) is 0 Å². The Labute approximate surface area is 91.4 Å². The summed E-state index contributed by atoms with van der Waals surface area (Å²) in [6.07, 6.45) is -2.65. The van der Waals surface area contributed by atoms with Gasteiger partial charge in [0.2, 0.25) is 5.95 Å². The molecule has 0 fully saturated rings. The Kier molecular flexibility index (Phi) is 3.78. The first-order valence-corrected chi connectivity index (χ1v) is 4.86. The molecule has 1 rings (SSSR count). The maximum absolute atomic E-state index is 12.8. The molecule has 1 nitrogen and oxygen atoms in total. The summed E-state index contributed by atoms with van der Waals surface area (Å²) in [5, 5.41) is 0. The van der Waals surface area contributed by atoms with E-state index < -0.39 is 12.4 Å². The fraction of sp³-hybridized carbons (Fsp3) is 0.286. The Hall–Kier alpha value is -0.0400. The van der Waals surface area contributed by atoms with Crippen LogP contribution in [0.2, 0.25) is 0 Å². The van der Waals surface area contributed by atoms with Gasteiger partial charge in [-0.15, -0.1) is 11.6 Å². The molecule has 0 radical (unpaired) electrons. The summed E-state index contributed by atoms with van der Waals surface area (Å²) in [5.41, 5.74) is -0.282. The number of halogens is 5. The molecular weight excluding hydrogens is 317 g/mol. The van der Waals surface area contributed by atoms with E-state index in [1.54, 1.807) is 22.6 Å². The zero-order chi connectivity index (χ0) is 10.0. The predicted molar refractivity (Wildman–Crippen MR) is 51.4 cm³/mol. The second kappa shape index (κ2) is 4.45. The summed E-state index contributed by atoms with van der Waals surface area (Å²) in [4.78, 5) is 3.32. The quantitative estimate of drug-likeness (QED) is 0.461. The first kappa shape index (κ1) is 11.0. The summed E-state index contributed by atoms with van der Waals surface area (Å²) in [7, 11) is 0. The molecule has 6 heteroatoms. The van der Waals surface area contributed by atoms with Crippen molar-refractivity contribution >= 4 is 34.2 Å². The lowest BCUT2D eigenvalue weighted by molar-refractivity contribution is 0.149. The van der Waals surface area contributed by atoms with Gasteiger partial charge in [-0.1, -0.05) is 0 Å². The third-order valence-electron chi connectivity index (χ3n) is 1.41. The molecule has 0 aliphatic rings. The molecule has 0 aromatic carbocycles. The van der Waals surface area contributed by atoms with Gasteiger partial charge in [-0.05, 0) is 28.7 Å². The van der Waals surface area contributed by atoms with Crippen molar-refractivity contribution in [1.29, 1.82) is 0 Å². The molecule has 0 atom stereocenters. The Morgan fingerprint density at radius 1 is 1.54 bits per heavy atom. The van der Waals surface area contributed by atoms with E-state index in [0.29, 0.717) is 0 Å². The van der Waals surface area contributed by atoms with Crippen LogP contribution < -0.4 is 0 Å². The van der Waals surface area contributed by atoms with Crippen LogP contribution in [-0.4, -0.2) is 4.98 Å². The lowest BCUT2D eigenvalue weighted by Crippen LogP contribution is -2.00. The molecule has 0 amide bonds. The van der Waals surface area contributed by atoms with E-state index in [4.69, 9.17) is 11.6 Å². The number of rotatable bonds is 2. The van der Waals surface area contributed by atoms with Crippen molar-refractivity contribution in [2.45, 2.75) is 12.3 Å². The Balaban J connectivity index is 3.22. The molecule has 1 aromatic heterocycles. The summed E-state index contributed by atoms with van der Waals surface area (Å²) >= 11 is 6.89. The van der Waals surface area contributed by atoms with Gasteiger partial charge in [0.15, 0.2) is 0 Å². The molecular formula is C7H4ClF3IN. The van der Waals surface area contributed by atoms with E-state index in [-0.39, 0.29) is 20.7 Å². The van der Waals surface area contributed by atoms with E-state index in [1.807, 2.05) is 0 Å². The molecule has 0 aliphatic carbocycles. The molecule has 1 aromatic rings. The molecule has 13 heavy (non-hydrogen) atoms. The zero-order valence-electron chi connectivity index (χ0n) is 6.20. The highest BCUT2D eigenvalue weighted by atomic mass is 127. The first-order valence-electron chi connectivity index (χ1n) is 3.25. The smallest absolute Gasteiger partial charge is 0.213 e. The summed E-state index contributed by atoms with van der Waals surface area (Å²) in [5.74, 6) is -0.945. The lowest BCUT2D eigenvalue weighted by atomic mass is 10.2. The van der Waals surface area contributed by atoms with Crippen LogP contribution in [0.15, 0.2) is 6.07 Å². The third kappa shape index (κ3) is 2.46. The summed E-state index contributed by atoms with van der Waals surface area (Å²) < 4.78 is 37.4. The molecule has 0 saturated carbocycles. The third-order valence-corrected chi connectivity index (χ3v) is 2.56. The van der Waals surface area contributed by atoms with Gasteiger partial charge >= 0.3 is 0 Å². The van der Waals surface area contributed by atoms with Gasteiger partial charge in [0, 0.05) is 5.56 Å². The second-order valence-electron chi connectivity index (χ2n) is 2.25. The van der Waals surface area contributed by atoms with E-state index in [0.717, 1.165) is 6.07 Å². The van der Waals surface area contributed by atoms with Gasteiger partial charge in [-0.25, -0.2) is 13.8 Å². The van der Waals surface area contributed by atoms with Crippen molar-refractivity contribution < 1.29 is 13.2 Å². The van der Waals surface area contributed by atoms with E-state index in [2.05, 4.69) is 4.98 Å². The number of hydrogen-bond acceptors (Lipinski definition) is 1. The van der Waals surface area contributed by atoms with Gasteiger partial charge in [0.05, 0.1) is 11.4 Å². The Bertz CT molecular complexity index is 319. The molecule has 72 valence electrons.